The molecule has 0 bridgehead atoms. The molecule has 0 aliphatic carbocycles. The lowest BCUT2D eigenvalue weighted by Gasteiger charge is -2.23. The van der Waals surface area contributed by atoms with Crippen molar-refractivity contribution in [2.45, 2.75) is 39.8 Å². The Morgan fingerprint density at radius 3 is 2.62 bits per heavy atom. The highest BCUT2D eigenvalue weighted by Gasteiger charge is 2.11. The first-order valence-corrected chi connectivity index (χ1v) is 6.12. The number of hydrogen-bond acceptors (Lipinski definition) is 3. The lowest BCUT2D eigenvalue weighted by molar-refractivity contribution is 0.501. The third-order valence-corrected chi connectivity index (χ3v) is 2.71. The van der Waals surface area contributed by atoms with Crippen molar-refractivity contribution in [3.8, 4) is 0 Å². The van der Waals surface area contributed by atoms with Gasteiger partial charge in [0.05, 0.1) is 6.54 Å². The number of guanidine groups is 1. The quantitative estimate of drug-likeness (QED) is 0.613. The summed E-state index contributed by atoms with van der Waals surface area (Å²) in [5, 5.41) is 7.62. The van der Waals surface area contributed by atoms with Gasteiger partial charge in [0.2, 0.25) is 0 Å². The van der Waals surface area contributed by atoms with Crippen LogP contribution in [0.5, 0.6) is 0 Å². The second-order valence-corrected chi connectivity index (χ2v) is 5.98. The summed E-state index contributed by atoms with van der Waals surface area (Å²) in [6.07, 6.45) is 1.89. The fourth-order valence-corrected chi connectivity index (χ4v) is 1.90. The molecule has 0 radical (unpaired) electrons. The Morgan fingerprint density at radius 2 is 2.19 bits per heavy atom. The molecule has 0 saturated carbocycles. The van der Waals surface area contributed by atoms with Gasteiger partial charge in [0, 0.05) is 23.7 Å². The summed E-state index contributed by atoms with van der Waals surface area (Å²) >= 11 is 1.70. The van der Waals surface area contributed by atoms with Crippen molar-refractivity contribution in [3.63, 3.8) is 0 Å². The second kappa shape index (κ2) is 5.30. The molecule has 1 aromatic rings. The molecule has 0 aliphatic rings. The van der Waals surface area contributed by atoms with Crippen LogP contribution < -0.4 is 10.6 Å². The van der Waals surface area contributed by atoms with Crippen molar-refractivity contribution in [2.75, 3.05) is 7.05 Å². The predicted octanol–water partition coefficient (Wildman–Crippen LogP) is 1.92. The molecule has 0 aliphatic heterocycles. The molecular formula is C11H20N4S. The number of hydrogen-bond donors (Lipinski definition) is 2. The molecule has 5 heteroatoms. The molecule has 0 fully saturated rings. The molecule has 0 aromatic carbocycles. The van der Waals surface area contributed by atoms with Crippen molar-refractivity contribution in [3.05, 3.63) is 16.1 Å². The Morgan fingerprint density at radius 1 is 1.50 bits per heavy atom. The zero-order valence-electron chi connectivity index (χ0n) is 10.6. The average molecular weight is 240 g/mol. The van der Waals surface area contributed by atoms with Crippen molar-refractivity contribution in [1.82, 2.24) is 15.6 Å². The normalized spacial score (nSPS) is 12.7. The minimum absolute atomic E-state index is 0.0145. The Bertz CT molecular complexity index is 362. The maximum atomic E-state index is 4.29. The van der Waals surface area contributed by atoms with Crippen LogP contribution in [0.1, 0.15) is 30.7 Å². The molecule has 16 heavy (non-hydrogen) atoms. The SMILES string of the molecule is CN=C(NCc1ncc(C)s1)NC(C)(C)C. The van der Waals surface area contributed by atoms with E-state index in [0.717, 1.165) is 11.0 Å². The largest absolute Gasteiger partial charge is 0.352 e. The van der Waals surface area contributed by atoms with E-state index in [-0.39, 0.29) is 5.54 Å². The first-order chi connectivity index (χ1) is 7.40. The molecule has 0 saturated heterocycles. The molecule has 0 unspecified atom stereocenters. The first-order valence-electron chi connectivity index (χ1n) is 5.31. The number of nitrogens with one attached hydrogen (secondary N) is 2. The summed E-state index contributed by atoms with van der Waals surface area (Å²) in [7, 11) is 1.77. The molecule has 4 nitrogen and oxygen atoms in total. The Balaban J connectivity index is 2.47. The fourth-order valence-electron chi connectivity index (χ4n) is 1.18. The van der Waals surface area contributed by atoms with E-state index in [1.165, 1.54) is 4.88 Å². The second-order valence-electron chi connectivity index (χ2n) is 4.67. The van der Waals surface area contributed by atoms with Crippen LogP contribution in [0.15, 0.2) is 11.2 Å². The molecular weight excluding hydrogens is 220 g/mol. The van der Waals surface area contributed by atoms with Gasteiger partial charge in [0.1, 0.15) is 5.01 Å². The minimum Gasteiger partial charge on any atom is -0.352 e. The summed E-state index contributed by atoms with van der Waals surface area (Å²) in [6.45, 7) is 9.09. The Kier molecular flexibility index (Phi) is 4.29. The van der Waals surface area contributed by atoms with Crippen molar-refractivity contribution < 1.29 is 0 Å². The van der Waals surface area contributed by atoms with E-state index < -0.39 is 0 Å². The van der Waals surface area contributed by atoms with Crippen LogP contribution in [0.2, 0.25) is 0 Å². The molecule has 0 spiro atoms. The topological polar surface area (TPSA) is 49.3 Å². The molecule has 90 valence electrons. The van der Waals surface area contributed by atoms with Crippen LogP contribution in [0, 0.1) is 6.92 Å². The summed E-state index contributed by atoms with van der Waals surface area (Å²) in [4.78, 5) is 9.69. The fraction of sp³-hybridized carbons (Fsp3) is 0.636. The number of aliphatic imine (C=N–C) groups is 1. The minimum atomic E-state index is 0.0145. The molecule has 1 rings (SSSR count). The van der Waals surface area contributed by atoms with Gasteiger partial charge in [-0.25, -0.2) is 4.98 Å². The molecule has 2 N–H and O–H groups in total. The molecule has 0 atom stereocenters. The summed E-state index contributed by atoms with van der Waals surface area (Å²) in [6, 6.07) is 0. The monoisotopic (exact) mass is 240 g/mol. The van der Waals surface area contributed by atoms with E-state index in [9.17, 15) is 0 Å². The molecule has 1 heterocycles. The van der Waals surface area contributed by atoms with E-state index in [1.54, 1.807) is 18.4 Å². The van der Waals surface area contributed by atoms with Gasteiger partial charge in [-0.3, -0.25) is 4.99 Å². The summed E-state index contributed by atoms with van der Waals surface area (Å²) in [5.41, 5.74) is 0.0145. The van der Waals surface area contributed by atoms with Gasteiger partial charge in [0.25, 0.3) is 0 Å². The van der Waals surface area contributed by atoms with E-state index >= 15 is 0 Å². The van der Waals surface area contributed by atoms with Gasteiger partial charge in [-0.1, -0.05) is 0 Å². The summed E-state index contributed by atoms with van der Waals surface area (Å²) < 4.78 is 0. The highest BCUT2D eigenvalue weighted by atomic mass is 32.1. The van der Waals surface area contributed by atoms with Crippen LogP contribution in [0.3, 0.4) is 0 Å². The zero-order valence-corrected chi connectivity index (χ0v) is 11.4. The summed E-state index contributed by atoms with van der Waals surface area (Å²) in [5.74, 6) is 0.806. The maximum Gasteiger partial charge on any atom is 0.191 e. The maximum absolute atomic E-state index is 4.29. The lowest BCUT2D eigenvalue weighted by Crippen LogP contribution is -2.47. The highest BCUT2D eigenvalue weighted by Crippen LogP contribution is 2.10. The van der Waals surface area contributed by atoms with Crippen molar-refractivity contribution >= 4 is 17.3 Å². The van der Waals surface area contributed by atoms with E-state index in [2.05, 4.69) is 48.3 Å². The third-order valence-electron chi connectivity index (χ3n) is 1.79. The van der Waals surface area contributed by atoms with Gasteiger partial charge in [-0.05, 0) is 27.7 Å². The van der Waals surface area contributed by atoms with Crippen LogP contribution in [0.25, 0.3) is 0 Å². The van der Waals surface area contributed by atoms with Crippen LogP contribution >= 0.6 is 11.3 Å². The lowest BCUT2D eigenvalue weighted by atomic mass is 10.1. The van der Waals surface area contributed by atoms with E-state index in [0.29, 0.717) is 6.54 Å². The predicted molar refractivity (Wildman–Crippen MR) is 69.9 cm³/mol. The van der Waals surface area contributed by atoms with Gasteiger partial charge in [-0.2, -0.15) is 0 Å². The smallest absolute Gasteiger partial charge is 0.191 e. The van der Waals surface area contributed by atoms with E-state index in [1.807, 2.05) is 6.20 Å². The van der Waals surface area contributed by atoms with Crippen molar-refractivity contribution in [1.29, 1.82) is 0 Å². The highest BCUT2D eigenvalue weighted by molar-refractivity contribution is 7.11. The van der Waals surface area contributed by atoms with Crippen LogP contribution in [0.4, 0.5) is 0 Å². The van der Waals surface area contributed by atoms with Gasteiger partial charge in [0.15, 0.2) is 5.96 Å². The molecule has 1 aromatic heterocycles. The Hall–Kier alpha value is -1.10. The van der Waals surface area contributed by atoms with Gasteiger partial charge in [-0.15, -0.1) is 11.3 Å². The first kappa shape index (κ1) is 13.0. The number of nitrogens with zero attached hydrogens (tertiary/aromatic N) is 2. The number of aromatic nitrogens is 1. The molecule has 0 amide bonds. The standard InChI is InChI=1S/C11H20N4S/c1-8-6-13-9(16-8)7-14-10(12-5)15-11(2,3)4/h6H,7H2,1-5H3,(H2,12,14,15). The average Bonchev–Trinajstić information content (AvgIpc) is 2.57. The van der Waals surface area contributed by atoms with Crippen LogP contribution in [-0.2, 0) is 6.54 Å². The zero-order chi connectivity index (χ0) is 12.2. The van der Waals surface area contributed by atoms with Crippen LogP contribution in [-0.4, -0.2) is 23.5 Å². The van der Waals surface area contributed by atoms with E-state index in [4.69, 9.17) is 0 Å². The van der Waals surface area contributed by atoms with Crippen molar-refractivity contribution in [2.24, 2.45) is 4.99 Å². The number of aryl methyl sites for hydroxylation is 1. The van der Waals surface area contributed by atoms with Gasteiger partial charge < -0.3 is 10.6 Å². The van der Waals surface area contributed by atoms with Gasteiger partial charge >= 0.3 is 0 Å². The Labute approximate surface area is 101 Å². The third kappa shape index (κ3) is 4.61. The number of thiazole rings is 1. The number of rotatable bonds is 2.